The largest absolute Gasteiger partial charge is 0.490 e. The van der Waals surface area contributed by atoms with Gasteiger partial charge in [0, 0.05) is 10.6 Å². The average molecular weight is 440 g/mol. The summed E-state index contributed by atoms with van der Waals surface area (Å²) in [4.78, 5) is 15.3. The van der Waals surface area contributed by atoms with E-state index >= 15 is 0 Å². The molecule has 4 rings (SSSR count). The van der Waals surface area contributed by atoms with Gasteiger partial charge < -0.3 is 4.74 Å². The minimum Gasteiger partial charge on any atom is -0.490 e. The molecule has 6 heteroatoms. The fraction of sp³-hybridized carbons (Fsp3) is 0.130. The normalized spacial score (nSPS) is 15.7. The van der Waals surface area contributed by atoms with Crippen molar-refractivity contribution in [3.8, 4) is 5.75 Å². The van der Waals surface area contributed by atoms with Gasteiger partial charge in [-0.15, -0.1) is 0 Å². The monoisotopic (exact) mass is 439 g/mol. The Morgan fingerprint density at radius 2 is 1.79 bits per heavy atom. The van der Waals surface area contributed by atoms with Crippen molar-refractivity contribution < 1.29 is 9.53 Å². The number of anilines is 1. The zero-order valence-electron chi connectivity index (χ0n) is 15.9. The Balaban J connectivity index is 1.80. The summed E-state index contributed by atoms with van der Waals surface area (Å²) in [6, 6.07) is 19.1. The molecule has 1 amide bonds. The molecule has 3 nitrogen and oxygen atoms in total. The van der Waals surface area contributed by atoms with E-state index in [1.807, 2.05) is 56.3 Å². The molecule has 0 saturated carbocycles. The predicted molar refractivity (Wildman–Crippen MR) is 127 cm³/mol. The number of amides is 1. The Morgan fingerprint density at radius 1 is 1.07 bits per heavy atom. The van der Waals surface area contributed by atoms with Gasteiger partial charge in [-0.3, -0.25) is 9.69 Å². The van der Waals surface area contributed by atoms with Crippen LogP contribution in [0.1, 0.15) is 19.4 Å². The predicted octanol–water partition coefficient (Wildman–Crippen LogP) is 6.69. The number of nitrogens with zero attached hydrogens (tertiary/aromatic N) is 1. The molecule has 1 heterocycles. The van der Waals surface area contributed by atoms with Gasteiger partial charge in [-0.25, -0.2) is 0 Å². The van der Waals surface area contributed by atoms with Crippen LogP contribution in [0.15, 0.2) is 65.6 Å². The SMILES string of the molecule is CC(C)Oc1ccc2ccccc2c1/C=C1\SC(=S)N(c2ccc(Cl)cc2)C1=O. The molecular weight excluding hydrogens is 422 g/mol. The number of halogens is 1. The molecule has 0 unspecified atom stereocenters. The minimum atomic E-state index is -0.147. The third-order valence-corrected chi connectivity index (χ3v) is 6.00. The molecule has 146 valence electrons. The van der Waals surface area contributed by atoms with E-state index in [4.69, 9.17) is 28.6 Å². The summed E-state index contributed by atoms with van der Waals surface area (Å²) in [7, 11) is 0. The molecule has 0 aliphatic carbocycles. The lowest BCUT2D eigenvalue weighted by Crippen LogP contribution is -2.27. The average Bonchev–Trinajstić information content (AvgIpc) is 2.97. The zero-order valence-corrected chi connectivity index (χ0v) is 18.3. The second-order valence-corrected chi connectivity index (χ2v) is 8.97. The molecule has 3 aromatic rings. The Bertz CT molecular complexity index is 1140. The third-order valence-electron chi connectivity index (χ3n) is 4.45. The van der Waals surface area contributed by atoms with E-state index in [9.17, 15) is 4.79 Å². The van der Waals surface area contributed by atoms with Gasteiger partial charge in [0.05, 0.1) is 16.7 Å². The molecule has 1 fully saturated rings. The molecule has 1 saturated heterocycles. The zero-order chi connectivity index (χ0) is 20.5. The van der Waals surface area contributed by atoms with Crippen molar-refractivity contribution in [2.75, 3.05) is 4.90 Å². The number of benzene rings is 3. The highest BCUT2D eigenvalue weighted by molar-refractivity contribution is 8.27. The smallest absolute Gasteiger partial charge is 0.270 e. The summed E-state index contributed by atoms with van der Waals surface area (Å²) in [5, 5.41) is 2.73. The maximum Gasteiger partial charge on any atom is 0.270 e. The summed E-state index contributed by atoms with van der Waals surface area (Å²) in [5.41, 5.74) is 1.59. The first-order chi connectivity index (χ1) is 13.9. The summed E-state index contributed by atoms with van der Waals surface area (Å²) in [5.74, 6) is 0.598. The van der Waals surface area contributed by atoms with E-state index in [1.54, 1.807) is 24.3 Å². The summed E-state index contributed by atoms with van der Waals surface area (Å²) >= 11 is 12.8. The van der Waals surface area contributed by atoms with Crippen LogP contribution in [0.4, 0.5) is 5.69 Å². The van der Waals surface area contributed by atoms with Gasteiger partial charge in [0.25, 0.3) is 5.91 Å². The first kappa shape index (κ1) is 20.0. The number of ether oxygens (including phenoxy) is 1. The number of thioether (sulfide) groups is 1. The third kappa shape index (κ3) is 4.04. The van der Waals surface area contributed by atoms with Crippen LogP contribution < -0.4 is 9.64 Å². The Kier molecular flexibility index (Phi) is 5.63. The van der Waals surface area contributed by atoms with Crippen molar-refractivity contribution in [3.63, 3.8) is 0 Å². The van der Waals surface area contributed by atoms with Crippen molar-refractivity contribution in [2.24, 2.45) is 0 Å². The highest BCUT2D eigenvalue weighted by atomic mass is 35.5. The number of hydrogen-bond acceptors (Lipinski definition) is 4. The highest BCUT2D eigenvalue weighted by Gasteiger charge is 2.33. The molecule has 0 aromatic heterocycles. The van der Waals surface area contributed by atoms with Crippen LogP contribution in [0, 0.1) is 0 Å². The summed E-state index contributed by atoms with van der Waals surface area (Å²) in [6.07, 6.45) is 1.90. The van der Waals surface area contributed by atoms with Gasteiger partial charge in [0.15, 0.2) is 4.32 Å². The van der Waals surface area contributed by atoms with Crippen molar-refractivity contribution in [2.45, 2.75) is 20.0 Å². The molecule has 0 radical (unpaired) electrons. The van der Waals surface area contributed by atoms with E-state index in [-0.39, 0.29) is 12.0 Å². The molecule has 0 N–H and O–H groups in total. The fourth-order valence-electron chi connectivity index (χ4n) is 3.19. The van der Waals surface area contributed by atoms with Crippen LogP contribution >= 0.6 is 35.6 Å². The molecular formula is C23H18ClNO2S2. The topological polar surface area (TPSA) is 29.5 Å². The second kappa shape index (κ2) is 8.19. The number of hydrogen-bond donors (Lipinski definition) is 0. The lowest BCUT2D eigenvalue weighted by Gasteiger charge is -2.15. The van der Waals surface area contributed by atoms with Crippen molar-refractivity contribution >= 4 is 68.3 Å². The van der Waals surface area contributed by atoms with E-state index < -0.39 is 0 Å². The minimum absolute atomic E-state index is 0.0203. The van der Waals surface area contributed by atoms with Crippen molar-refractivity contribution in [1.29, 1.82) is 0 Å². The van der Waals surface area contributed by atoms with Gasteiger partial charge in [0.1, 0.15) is 5.75 Å². The van der Waals surface area contributed by atoms with Crippen molar-refractivity contribution in [1.82, 2.24) is 0 Å². The van der Waals surface area contributed by atoms with Crippen LogP contribution in [-0.2, 0) is 4.79 Å². The lowest BCUT2D eigenvalue weighted by molar-refractivity contribution is -0.113. The molecule has 0 atom stereocenters. The molecule has 0 bridgehead atoms. The number of thiocarbonyl (C=S) groups is 1. The van der Waals surface area contributed by atoms with Crippen LogP contribution in [0.25, 0.3) is 16.8 Å². The Hall–Kier alpha value is -2.34. The van der Waals surface area contributed by atoms with Gasteiger partial charge in [-0.2, -0.15) is 0 Å². The second-order valence-electron chi connectivity index (χ2n) is 6.86. The first-order valence-electron chi connectivity index (χ1n) is 9.16. The molecule has 0 spiro atoms. The van der Waals surface area contributed by atoms with E-state index in [0.717, 1.165) is 22.1 Å². The maximum atomic E-state index is 13.2. The van der Waals surface area contributed by atoms with Crippen molar-refractivity contribution in [3.05, 3.63) is 76.2 Å². The van der Waals surface area contributed by atoms with Gasteiger partial charge >= 0.3 is 0 Å². The Morgan fingerprint density at radius 3 is 2.52 bits per heavy atom. The quantitative estimate of drug-likeness (QED) is 0.334. The summed E-state index contributed by atoms with van der Waals surface area (Å²) in [6.45, 7) is 3.97. The van der Waals surface area contributed by atoms with Gasteiger partial charge in [-0.1, -0.05) is 65.9 Å². The van der Waals surface area contributed by atoms with Crippen LogP contribution in [0.5, 0.6) is 5.75 Å². The van der Waals surface area contributed by atoms with Gasteiger partial charge in [-0.05, 0) is 61.0 Å². The molecule has 3 aromatic carbocycles. The Labute approximate surface area is 184 Å². The first-order valence-corrected chi connectivity index (χ1v) is 10.8. The number of carbonyl (C=O) groups excluding carboxylic acids is 1. The fourth-order valence-corrected chi connectivity index (χ4v) is 4.60. The molecule has 29 heavy (non-hydrogen) atoms. The van der Waals surface area contributed by atoms with Crippen LogP contribution in [0.2, 0.25) is 5.02 Å². The van der Waals surface area contributed by atoms with E-state index in [0.29, 0.717) is 19.9 Å². The van der Waals surface area contributed by atoms with E-state index in [2.05, 4.69) is 0 Å². The number of fused-ring (bicyclic) bond motifs is 1. The lowest BCUT2D eigenvalue weighted by atomic mass is 10.0. The molecule has 1 aliphatic rings. The maximum absolute atomic E-state index is 13.2. The summed E-state index contributed by atoms with van der Waals surface area (Å²) < 4.78 is 6.52. The van der Waals surface area contributed by atoms with Crippen LogP contribution in [-0.4, -0.2) is 16.3 Å². The standard InChI is InChI=1S/C23H18ClNO2S2/c1-14(2)27-20-12-7-15-5-3-4-6-18(15)19(20)13-21-22(26)25(23(28)29-21)17-10-8-16(24)9-11-17/h3-14H,1-2H3/b21-13-. The number of carbonyl (C=O) groups is 1. The van der Waals surface area contributed by atoms with E-state index in [1.165, 1.54) is 16.7 Å². The molecule has 1 aliphatic heterocycles. The van der Waals surface area contributed by atoms with Gasteiger partial charge in [0.2, 0.25) is 0 Å². The highest BCUT2D eigenvalue weighted by Crippen LogP contribution is 2.39. The van der Waals surface area contributed by atoms with Crippen LogP contribution in [0.3, 0.4) is 0 Å². The number of rotatable bonds is 4.